The zero-order valence-electron chi connectivity index (χ0n) is 22.4. The Kier molecular flexibility index (Phi) is 9.89. The fraction of sp³-hybridized carbons (Fsp3) is 0.387. The second-order valence-electron chi connectivity index (χ2n) is 10.6. The van der Waals surface area contributed by atoms with Crippen molar-refractivity contribution >= 4 is 40.7 Å². The predicted octanol–water partition coefficient (Wildman–Crippen LogP) is 5.44. The third-order valence-corrected chi connectivity index (χ3v) is 7.99. The summed E-state index contributed by atoms with van der Waals surface area (Å²) in [6.45, 7) is 2.46. The van der Waals surface area contributed by atoms with Crippen LogP contribution in [-0.4, -0.2) is 56.7 Å². The van der Waals surface area contributed by atoms with Crippen molar-refractivity contribution in [1.82, 2.24) is 10.2 Å². The van der Waals surface area contributed by atoms with Crippen LogP contribution < -0.4 is 5.32 Å². The van der Waals surface area contributed by atoms with Crippen LogP contribution in [0.3, 0.4) is 0 Å². The third-order valence-electron chi connectivity index (χ3n) is 7.48. The van der Waals surface area contributed by atoms with Gasteiger partial charge in [0.15, 0.2) is 6.29 Å². The number of rotatable bonds is 8. The molecule has 0 radical (unpaired) electrons. The SMILES string of the molecule is O=C(NCc1cccc(-c2ccc([C@H]3O[C@@H](CN4CC[C@H](O)C4)C[C@@H](c4ccc(CO)cc4)O3)cc2)c1)C(Cl)(Cl)Cl. The number of β-amino-alcohol motifs (C(OH)–C–C–N with tert-alkyl or cyclic N) is 1. The van der Waals surface area contributed by atoms with Gasteiger partial charge in [0.2, 0.25) is 0 Å². The molecule has 218 valence electrons. The number of aliphatic hydroxyl groups excluding tert-OH is 2. The van der Waals surface area contributed by atoms with Crippen molar-refractivity contribution in [3.05, 3.63) is 95.1 Å². The molecular weight excluding hydrogens is 587 g/mol. The van der Waals surface area contributed by atoms with Crippen molar-refractivity contribution < 1.29 is 24.5 Å². The van der Waals surface area contributed by atoms with E-state index in [1.54, 1.807) is 0 Å². The van der Waals surface area contributed by atoms with E-state index < -0.39 is 16.0 Å². The monoisotopic (exact) mass is 618 g/mol. The van der Waals surface area contributed by atoms with Crippen molar-refractivity contribution in [3.63, 3.8) is 0 Å². The molecular formula is C31H33Cl3N2O5. The molecule has 41 heavy (non-hydrogen) atoms. The molecule has 2 aliphatic rings. The molecule has 7 nitrogen and oxygen atoms in total. The molecule has 2 aliphatic heterocycles. The van der Waals surface area contributed by atoms with Crippen LogP contribution in [0.1, 0.15) is 47.5 Å². The Labute approximate surface area is 254 Å². The highest BCUT2D eigenvalue weighted by atomic mass is 35.6. The van der Waals surface area contributed by atoms with Gasteiger partial charge in [-0.15, -0.1) is 0 Å². The van der Waals surface area contributed by atoms with Crippen LogP contribution in [-0.2, 0) is 27.4 Å². The minimum Gasteiger partial charge on any atom is -0.392 e. The van der Waals surface area contributed by atoms with Crippen LogP contribution in [0.15, 0.2) is 72.8 Å². The Hall–Kier alpha value is -2.20. The fourth-order valence-corrected chi connectivity index (χ4v) is 5.48. The minimum absolute atomic E-state index is 0.00367. The molecule has 0 aliphatic carbocycles. The van der Waals surface area contributed by atoms with Crippen molar-refractivity contribution in [3.8, 4) is 11.1 Å². The van der Waals surface area contributed by atoms with Gasteiger partial charge in [-0.25, -0.2) is 0 Å². The Morgan fingerprint density at radius 1 is 0.951 bits per heavy atom. The first-order valence-corrected chi connectivity index (χ1v) is 14.8. The summed E-state index contributed by atoms with van der Waals surface area (Å²) in [6, 6.07) is 23.7. The molecule has 0 aromatic heterocycles. The Morgan fingerprint density at radius 3 is 2.34 bits per heavy atom. The maximum absolute atomic E-state index is 11.9. The number of carbonyl (C=O) groups excluding carboxylic acids is 1. The van der Waals surface area contributed by atoms with Gasteiger partial charge in [0.25, 0.3) is 9.70 Å². The Balaban J connectivity index is 1.31. The first kappa shape index (κ1) is 30.3. The molecule has 10 heteroatoms. The van der Waals surface area contributed by atoms with E-state index in [1.165, 1.54) is 0 Å². The van der Waals surface area contributed by atoms with Gasteiger partial charge in [0.1, 0.15) is 0 Å². The van der Waals surface area contributed by atoms with E-state index in [0.29, 0.717) is 13.0 Å². The van der Waals surface area contributed by atoms with Crippen LogP contribution in [0.2, 0.25) is 0 Å². The third kappa shape index (κ3) is 8.00. The van der Waals surface area contributed by atoms with Gasteiger partial charge >= 0.3 is 0 Å². The number of likely N-dealkylation sites (tertiary alicyclic amines) is 1. The number of ether oxygens (including phenoxy) is 2. The number of nitrogens with one attached hydrogen (secondary N) is 1. The summed E-state index contributed by atoms with van der Waals surface area (Å²) in [5, 5.41) is 22.1. The lowest BCUT2D eigenvalue weighted by atomic mass is 9.99. The molecule has 2 heterocycles. The highest BCUT2D eigenvalue weighted by Gasteiger charge is 2.34. The lowest BCUT2D eigenvalue weighted by molar-refractivity contribution is -0.252. The largest absolute Gasteiger partial charge is 0.392 e. The van der Waals surface area contributed by atoms with Crippen LogP contribution in [0.4, 0.5) is 0 Å². The summed E-state index contributed by atoms with van der Waals surface area (Å²) in [4.78, 5) is 14.1. The van der Waals surface area contributed by atoms with Gasteiger partial charge in [-0.2, -0.15) is 0 Å². The maximum Gasteiger partial charge on any atom is 0.272 e. The minimum atomic E-state index is -2.01. The summed E-state index contributed by atoms with van der Waals surface area (Å²) in [6.07, 6.45) is 0.395. The van der Waals surface area contributed by atoms with Crippen LogP contribution in [0.25, 0.3) is 11.1 Å². The molecule has 0 spiro atoms. The van der Waals surface area contributed by atoms with Gasteiger partial charge in [-0.05, 0) is 40.3 Å². The molecule has 0 saturated carbocycles. The number of benzene rings is 3. The van der Waals surface area contributed by atoms with Gasteiger partial charge in [0.05, 0.1) is 24.9 Å². The van der Waals surface area contributed by atoms with Crippen molar-refractivity contribution in [2.24, 2.45) is 0 Å². The zero-order chi connectivity index (χ0) is 29.0. The lowest BCUT2D eigenvalue weighted by Gasteiger charge is -2.37. The molecule has 3 N–H and O–H groups in total. The molecule has 2 saturated heterocycles. The summed E-state index contributed by atoms with van der Waals surface area (Å²) >= 11 is 16.9. The highest BCUT2D eigenvalue weighted by molar-refractivity contribution is 6.76. The second kappa shape index (κ2) is 13.4. The summed E-state index contributed by atoms with van der Waals surface area (Å²) in [5.74, 6) is -0.674. The van der Waals surface area contributed by atoms with E-state index >= 15 is 0 Å². The highest BCUT2D eigenvalue weighted by Crippen LogP contribution is 2.39. The van der Waals surface area contributed by atoms with Gasteiger partial charge in [0, 0.05) is 38.2 Å². The van der Waals surface area contributed by atoms with Crippen LogP contribution in [0.5, 0.6) is 0 Å². The topological polar surface area (TPSA) is 91.3 Å². The summed E-state index contributed by atoms with van der Waals surface area (Å²) in [7, 11) is 0. The number of nitrogens with zero attached hydrogens (tertiary/aromatic N) is 1. The molecule has 0 bridgehead atoms. The number of hydrogen-bond donors (Lipinski definition) is 3. The summed E-state index contributed by atoms with van der Waals surface area (Å²) < 4.78 is 10.9. The molecule has 5 rings (SSSR count). The van der Waals surface area contributed by atoms with E-state index in [4.69, 9.17) is 44.3 Å². The second-order valence-corrected chi connectivity index (χ2v) is 12.8. The molecule has 1 amide bonds. The van der Waals surface area contributed by atoms with Gasteiger partial charge < -0.3 is 25.0 Å². The van der Waals surface area contributed by atoms with Gasteiger partial charge in [-0.3, -0.25) is 9.69 Å². The van der Waals surface area contributed by atoms with Crippen molar-refractivity contribution in [2.75, 3.05) is 19.6 Å². The lowest BCUT2D eigenvalue weighted by Crippen LogP contribution is -2.38. The smallest absolute Gasteiger partial charge is 0.272 e. The van der Waals surface area contributed by atoms with Gasteiger partial charge in [-0.1, -0.05) is 102 Å². The predicted molar refractivity (Wildman–Crippen MR) is 160 cm³/mol. The molecule has 0 unspecified atom stereocenters. The number of carbonyl (C=O) groups is 1. The first-order valence-electron chi connectivity index (χ1n) is 13.6. The normalized spacial score (nSPS) is 23.4. The van der Waals surface area contributed by atoms with Crippen LogP contribution in [0, 0.1) is 0 Å². The van der Waals surface area contributed by atoms with E-state index in [-0.39, 0.29) is 31.5 Å². The van der Waals surface area contributed by atoms with Crippen LogP contribution >= 0.6 is 34.8 Å². The van der Waals surface area contributed by atoms with Crippen molar-refractivity contribution in [1.29, 1.82) is 0 Å². The molecule has 3 aromatic carbocycles. The first-order chi connectivity index (χ1) is 19.7. The average Bonchev–Trinajstić information content (AvgIpc) is 3.39. The zero-order valence-corrected chi connectivity index (χ0v) is 24.7. The fourth-order valence-electron chi connectivity index (χ4n) is 5.28. The average molecular weight is 620 g/mol. The Morgan fingerprint density at radius 2 is 1.68 bits per heavy atom. The molecule has 4 atom stereocenters. The summed E-state index contributed by atoms with van der Waals surface area (Å²) in [5.41, 5.74) is 5.65. The standard InChI is InChI=1S/C31H33Cl3N2O5/c32-31(33,34)30(39)35-16-21-2-1-3-25(14-21)22-8-10-24(11-9-22)29-40-27(18-36-13-12-26(38)17-36)15-28(41-29)23-6-4-20(19-37)5-7-23/h1-11,14,26-29,37-38H,12-13,15-19H2,(H,35,39)/t26-,27+,28-,29-/m0/s1. The number of aliphatic hydroxyl groups is 2. The number of alkyl halides is 3. The molecule has 3 aromatic rings. The van der Waals surface area contributed by atoms with Crippen molar-refractivity contribution in [2.45, 2.75) is 54.4 Å². The van der Waals surface area contributed by atoms with E-state index in [1.807, 2.05) is 72.8 Å². The van der Waals surface area contributed by atoms with E-state index in [0.717, 1.165) is 52.9 Å². The van der Waals surface area contributed by atoms with E-state index in [9.17, 15) is 15.0 Å². The quantitative estimate of drug-likeness (QED) is 0.291. The Bertz CT molecular complexity index is 1320. The number of hydrogen-bond acceptors (Lipinski definition) is 6. The number of halogens is 3. The molecule has 2 fully saturated rings. The number of amides is 1. The maximum atomic E-state index is 11.9. The van der Waals surface area contributed by atoms with E-state index in [2.05, 4.69) is 10.2 Å².